The molecule has 3 heterocycles. The normalized spacial score (nSPS) is 12.3. The van der Waals surface area contributed by atoms with Gasteiger partial charge in [0.05, 0.1) is 6.33 Å². The average Bonchev–Trinajstić information content (AvgIpc) is 3.04. The summed E-state index contributed by atoms with van der Waals surface area (Å²) < 4.78 is 12.2. The molecule has 0 aliphatic rings. The number of hydrogen-bond acceptors (Lipinski definition) is 6. The number of aromatic nitrogens is 3. The first-order valence-electron chi connectivity index (χ1n) is 8.09. The lowest BCUT2D eigenvalue weighted by Crippen LogP contribution is -2.25. The smallest absolute Gasteiger partial charge is 0.326 e. The summed E-state index contributed by atoms with van der Waals surface area (Å²) in [7, 11) is 0. The zero-order valence-corrected chi connectivity index (χ0v) is 14.0. The predicted molar refractivity (Wildman–Crippen MR) is 94.5 cm³/mol. The fraction of sp³-hybridized carbons (Fsp3) is 0.158. The summed E-state index contributed by atoms with van der Waals surface area (Å²) >= 11 is 0. The molecular weight excluding hydrogens is 334 g/mol. The van der Waals surface area contributed by atoms with Crippen LogP contribution in [-0.4, -0.2) is 20.5 Å². The first kappa shape index (κ1) is 16.0. The third-order valence-corrected chi connectivity index (χ3v) is 4.13. The van der Waals surface area contributed by atoms with Crippen LogP contribution in [0.25, 0.3) is 22.1 Å². The van der Waals surface area contributed by atoms with Crippen LogP contribution in [0.2, 0.25) is 0 Å². The number of para-hydroxylation sites is 1. The molecule has 4 rings (SSSR count). The van der Waals surface area contributed by atoms with Crippen LogP contribution in [0.1, 0.15) is 18.6 Å². The molecule has 0 spiro atoms. The highest BCUT2D eigenvalue weighted by molar-refractivity contribution is 6.01. The fourth-order valence-electron chi connectivity index (χ4n) is 2.80. The molecule has 0 saturated carbocycles. The number of pyridine rings is 1. The van der Waals surface area contributed by atoms with Gasteiger partial charge in [-0.15, -0.1) is 0 Å². The molecule has 0 aliphatic carbocycles. The molecule has 1 aromatic carbocycles. The first-order valence-corrected chi connectivity index (χ1v) is 8.09. The highest BCUT2D eigenvalue weighted by atomic mass is 16.5. The molecule has 0 bridgehead atoms. The van der Waals surface area contributed by atoms with Crippen molar-refractivity contribution in [2.24, 2.45) is 0 Å². The molecule has 3 aromatic heterocycles. The number of ether oxygens (including phenoxy) is 1. The molecule has 0 unspecified atom stereocenters. The van der Waals surface area contributed by atoms with E-state index in [1.165, 1.54) is 10.9 Å². The van der Waals surface area contributed by atoms with Crippen molar-refractivity contribution in [3.8, 4) is 0 Å². The van der Waals surface area contributed by atoms with Crippen molar-refractivity contribution < 1.29 is 13.9 Å². The van der Waals surface area contributed by atoms with Gasteiger partial charge < -0.3 is 9.15 Å². The van der Waals surface area contributed by atoms with Crippen LogP contribution in [0.4, 0.5) is 0 Å². The van der Waals surface area contributed by atoms with Crippen molar-refractivity contribution in [1.82, 2.24) is 14.5 Å². The lowest BCUT2D eigenvalue weighted by Gasteiger charge is -2.13. The van der Waals surface area contributed by atoms with Gasteiger partial charge in [0.1, 0.15) is 23.7 Å². The Morgan fingerprint density at radius 1 is 1.23 bits per heavy atom. The second-order valence-electron chi connectivity index (χ2n) is 5.87. The maximum absolute atomic E-state index is 12.6. The van der Waals surface area contributed by atoms with E-state index in [9.17, 15) is 9.59 Å². The number of fused-ring (bicyclic) bond motifs is 3. The van der Waals surface area contributed by atoms with E-state index in [-0.39, 0.29) is 12.1 Å². The highest BCUT2D eigenvalue weighted by Gasteiger charge is 2.16. The fourth-order valence-corrected chi connectivity index (χ4v) is 2.80. The Bertz CT molecular complexity index is 1150. The molecule has 0 amide bonds. The predicted octanol–water partition coefficient (Wildman–Crippen LogP) is 2.84. The molecule has 1 atom stereocenters. The third kappa shape index (κ3) is 2.83. The molecule has 0 radical (unpaired) electrons. The summed E-state index contributed by atoms with van der Waals surface area (Å²) in [5.41, 5.74) is 1.61. The Labute approximate surface area is 147 Å². The van der Waals surface area contributed by atoms with Gasteiger partial charge in [0.15, 0.2) is 0 Å². The summed E-state index contributed by atoms with van der Waals surface area (Å²) in [5, 5.41) is 0.764. The number of furan rings is 1. The summed E-state index contributed by atoms with van der Waals surface area (Å²) in [6.07, 6.45) is 4.15. The van der Waals surface area contributed by atoms with Gasteiger partial charge >= 0.3 is 5.97 Å². The summed E-state index contributed by atoms with van der Waals surface area (Å²) in [6.45, 7) is 1.52. The van der Waals surface area contributed by atoms with Crippen molar-refractivity contribution in [1.29, 1.82) is 0 Å². The van der Waals surface area contributed by atoms with Crippen molar-refractivity contribution in [3.63, 3.8) is 0 Å². The standard InChI is InChI=1S/C19H15N3O4/c1-12(13-6-8-20-9-7-13)25-16(23)10-22-11-21-17-14-4-2-3-5-15(14)26-18(17)19(22)24/h2-9,11-12H,10H2,1H3/t12-/m0/s1. The molecule has 130 valence electrons. The molecule has 26 heavy (non-hydrogen) atoms. The second kappa shape index (κ2) is 6.44. The lowest BCUT2D eigenvalue weighted by molar-refractivity contribution is -0.149. The quantitative estimate of drug-likeness (QED) is 0.527. The second-order valence-corrected chi connectivity index (χ2v) is 5.87. The maximum Gasteiger partial charge on any atom is 0.326 e. The van der Waals surface area contributed by atoms with E-state index in [1.54, 1.807) is 37.5 Å². The van der Waals surface area contributed by atoms with Crippen LogP contribution in [0.5, 0.6) is 0 Å². The number of carbonyl (C=O) groups is 1. The Kier molecular flexibility index (Phi) is 3.96. The minimum absolute atomic E-state index is 0.128. The Hall–Kier alpha value is -3.48. The minimum atomic E-state index is -0.534. The lowest BCUT2D eigenvalue weighted by atomic mass is 10.2. The van der Waals surface area contributed by atoms with E-state index in [1.807, 2.05) is 18.2 Å². The number of benzene rings is 1. The summed E-state index contributed by atoms with van der Waals surface area (Å²) in [6, 6.07) is 10.8. The average molecular weight is 349 g/mol. The van der Waals surface area contributed by atoms with Crippen molar-refractivity contribution in [3.05, 3.63) is 71.0 Å². The van der Waals surface area contributed by atoms with Crippen molar-refractivity contribution >= 4 is 28.0 Å². The van der Waals surface area contributed by atoms with Gasteiger partial charge in [0.25, 0.3) is 5.56 Å². The SMILES string of the molecule is C[C@H](OC(=O)Cn1cnc2c(oc3ccccc32)c1=O)c1ccncc1. The maximum atomic E-state index is 12.6. The van der Waals surface area contributed by atoms with Crippen LogP contribution in [0, 0.1) is 0 Å². The molecule has 0 saturated heterocycles. The molecule has 0 aliphatic heterocycles. The molecule has 4 aromatic rings. The molecule has 0 N–H and O–H groups in total. The number of carbonyl (C=O) groups excluding carboxylic acids is 1. The van der Waals surface area contributed by atoms with Crippen LogP contribution in [0.15, 0.2) is 64.3 Å². The van der Waals surface area contributed by atoms with E-state index in [0.717, 1.165) is 10.9 Å². The first-order chi connectivity index (χ1) is 12.6. The van der Waals surface area contributed by atoms with Gasteiger partial charge in [0.2, 0.25) is 5.58 Å². The van der Waals surface area contributed by atoms with Gasteiger partial charge in [-0.2, -0.15) is 0 Å². The topological polar surface area (TPSA) is 87.2 Å². The molecule has 7 nitrogen and oxygen atoms in total. The zero-order valence-electron chi connectivity index (χ0n) is 14.0. The van der Waals surface area contributed by atoms with Crippen molar-refractivity contribution in [2.75, 3.05) is 0 Å². The molecule has 0 fully saturated rings. The van der Waals surface area contributed by atoms with E-state index < -0.39 is 17.6 Å². The van der Waals surface area contributed by atoms with Gasteiger partial charge in [0, 0.05) is 17.8 Å². The molecular formula is C19H15N3O4. The zero-order chi connectivity index (χ0) is 18.1. The van der Waals surface area contributed by atoms with Gasteiger partial charge in [-0.25, -0.2) is 4.98 Å². The molecule has 7 heteroatoms. The number of rotatable bonds is 4. The number of esters is 1. The van der Waals surface area contributed by atoms with Gasteiger partial charge in [-0.1, -0.05) is 12.1 Å². The summed E-state index contributed by atoms with van der Waals surface area (Å²) in [4.78, 5) is 33.0. The van der Waals surface area contributed by atoms with Gasteiger partial charge in [-0.05, 0) is 36.8 Å². The van der Waals surface area contributed by atoms with Crippen LogP contribution in [-0.2, 0) is 16.1 Å². The van der Waals surface area contributed by atoms with Crippen molar-refractivity contribution in [2.45, 2.75) is 19.6 Å². The number of nitrogens with zero attached hydrogens (tertiary/aromatic N) is 3. The monoisotopic (exact) mass is 349 g/mol. The van der Waals surface area contributed by atoms with Crippen LogP contribution >= 0.6 is 0 Å². The Morgan fingerprint density at radius 3 is 2.81 bits per heavy atom. The van der Waals surface area contributed by atoms with E-state index >= 15 is 0 Å². The largest absolute Gasteiger partial charge is 0.456 e. The summed E-state index contributed by atoms with van der Waals surface area (Å²) in [5.74, 6) is -0.534. The Morgan fingerprint density at radius 2 is 2.00 bits per heavy atom. The van der Waals surface area contributed by atoms with Crippen LogP contribution < -0.4 is 5.56 Å². The highest BCUT2D eigenvalue weighted by Crippen LogP contribution is 2.24. The van der Waals surface area contributed by atoms with Gasteiger partial charge in [-0.3, -0.25) is 19.1 Å². The third-order valence-electron chi connectivity index (χ3n) is 4.13. The minimum Gasteiger partial charge on any atom is -0.456 e. The Balaban J connectivity index is 1.59. The van der Waals surface area contributed by atoms with E-state index in [2.05, 4.69) is 9.97 Å². The van der Waals surface area contributed by atoms with E-state index in [4.69, 9.17) is 9.15 Å². The number of hydrogen-bond donors (Lipinski definition) is 0. The van der Waals surface area contributed by atoms with E-state index in [0.29, 0.717) is 11.1 Å². The van der Waals surface area contributed by atoms with Crippen LogP contribution in [0.3, 0.4) is 0 Å².